The molecule has 0 aliphatic carbocycles. The van der Waals surface area contributed by atoms with Crippen molar-refractivity contribution in [3.05, 3.63) is 81.0 Å². The highest BCUT2D eigenvalue weighted by Gasteiger charge is 2.22. The fourth-order valence-electron chi connectivity index (χ4n) is 2.51. The quantitative estimate of drug-likeness (QED) is 0.579. The molecule has 0 aliphatic heterocycles. The minimum Gasteiger partial charge on any atom is -0.358 e. The smallest absolute Gasteiger partial charge is 0.216 e. The van der Waals surface area contributed by atoms with E-state index in [2.05, 4.69) is 4.98 Å². The van der Waals surface area contributed by atoms with Gasteiger partial charge in [0.1, 0.15) is 0 Å². The second-order valence-corrected chi connectivity index (χ2v) is 5.37. The van der Waals surface area contributed by atoms with Gasteiger partial charge in [-0.1, -0.05) is 41.9 Å². The Morgan fingerprint density at radius 2 is 1.86 bits per heavy atom. The van der Waals surface area contributed by atoms with Crippen molar-refractivity contribution in [3.8, 4) is 0 Å². The number of hydrogen-bond acceptors (Lipinski definition) is 2. The molecule has 0 spiro atoms. The highest BCUT2D eigenvalue weighted by Crippen LogP contribution is 2.28. The third kappa shape index (κ3) is 2.90. The lowest BCUT2D eigenvalue weighted by atomic mass is 9.96. The molecule has 1 aromatic heterocycles. The lowest BCUT2D eigenvalue weighted by Crippen LogP contribution is -2.14. The van der Waals surface area contributed by atoms with Gasteiger partial charge in [0.05, 0.1) is 5.92 Å². The van der Waals surface area contributed by atoms with Gasteiger partial charge in [-0.3, -0.25) is 10.1 Å². The molecule has 3 rings (SSSR count). The standard InChI is InChI=1S/C16H13ClN2O2/c17-13-7-5-11(6-8-13)14(10-19(20)21)16-9-12-3-1-2-4-15(12)18-16/h1-9,14,18H,10H2. The molecule has 0 bridgehead atoms. The highest BCUT2D eigenvalue weighted by atomic mass is 35.5. The minimum absolute atomic E-state index is 0.158. The maximum Gasteiger partial charge on any atom is 0.216 e. The number of halogens is 1. The first-order valence-electron chi connectivity index (χ1n) is 6.58. The predicted molar refractivity (Wildman–Crippen MR) is 83.5 cm³/mol. The molecule has 0 saturated carbocycles. The van der Waals surface area contributed by atoms with Crippen LogP contribution in [0.25, 0.3) is 10.9 Å². The van der Waals surface area contributed by atoms with Crippen molar-refractivity contribution in [1.82, 2.24) is 4.98 Å². The summed E-state index contributed by atoms with van der Waals surface area (Å²) < 4.78 is 0. The van der Waals surface area contributed by atoms with E-state index in [1.54, 1.807) is 12.1 Å². The van der Waals surface area contributed by atoms with Crippen molar-refractivity contribution in [2.45, 2.75) is 5.92 Å². The summed E-state index contributed by atoms with van der Waals surface area (Å²) in [6, 6.07) is 17.0. The Balaban J connectivity index is 2.05. The summed E-state index contributed by atoms with van der Waals surface area (Å²) in [4.78, 5) is 14.0. The SMILES string of the molecule is O=[N+]([O-])CC(c1ccc(Cl)cc1)c1cc2ccccc2[nH]1. The number of nitro groups is 1. The Bertz CT molecular complexity index is 747. The normalized spacial score (nSPS) is 12.4. The number of fused-ring (bicyclic) bond motifs is 1. The van der Waals surface area contributed by atoms with Gasteiger partial charge in [-0.15, -0.1) is 0 Å². The van der Waals surface area contributed by atoms with E-state index < -0.39 is 0 Å². The lowest BCUT2D eigenvalue weighted by molar-refractivity contribution is -0.481. The van der Waals surface area contributed by atoms with Gasteiger partial charge in [0.25, 0.3) is 0 Å². The highest BCUT2D eigenvalue weighted by molar-refractivity contribution is 6.30. The van der Waals surface area contributed by atoms with Crippen molar-refractivity contribution < 1.29 is 4.92 Å². The zero-order valence-electron chi connectivity index (χ0n) is 11.1. The third-order valence-corrected chi connectivity index (χ3v) is 3.78. The van der Waals surface area contributed by atoms with E-state index in [0.29, 0.717) is 5.02 Å². The topological polar surface area (TPSA) is 58.9 Å². The van der Waals surface area contributed by atoms with Crippen LogP contribution >= 0.6 is 11.6 Å². The number of rotatable bonds is 4. The van der Waals surface area contributed by atoms with Gasteiger partial charge in [0, 0.05) is 21.2 Å². The number of nitrogens with zero attached hydrogens (tertiary/aromatic N) is 1. The van der Waals surface area contributed by atoms with Crippen LogP contribution < -0.4 is 0 Å². The van der Waals surface area contributed by atoms with Gasteiger partial charge in [-0.25, -0.2) is 0 Å². The van der Waals surface area contributed by atoms with Gasteiger partial charge in [0.2, 0.25) is 6.54 Å². The number of H-pyrrole nitrogens is 1. The molecule has 106 valence electrons. The average molecular weight is 301 g/mol. The molecule has 0 radical (unpaired) electrons. The van der Waals surface area contributed by atoms with Gasteiger partial charge >= 0.3 is 0 Å². The lowest BCUT2D eigenvalue weighted by Gasteiger charge is -2.12. The molecular weight excluding hydrogens is 288 g/mol. The van der Waals surface area contributed by atoms with E-state index in [1.807, 2.05) is 42.5 Å². The minimum atomic E-state index is -0.315. The third-order valence-electron chi connectivity index (χ3n) is 3.53. The summed E-state index contributed by atoms with van der Waals surface area (Å²) in [5.74, 6) is -0.315. The Hall–Kier alpha value is -2.33. The van der Waals surface area contributed by atoms with Crippen molar-refractivity contribution in [1.29, 1.82) is 0 Å². The Morgan fingerprint density at radius 3 is 2.52 bits per heavy atom. The molecule has 0 amide bonds. The predicted octanol–water partition coefficient (Wildman–Crippen LogP) is 4.23. The monoisotopic (exact) mass is 300 g/mol. The van der Waals surface area contributed by atoms with Crippen LogP contribution in [0.15, 0.2) is 54.6 Å². The summed E-state index contributed by atoms with van der Waals surface area (Å²) in [5, 5.41) is 12.7. The van der Waals surface area contributed by atoms with Gasteiger partial charge in [-0.2, -0.15) is 0 Å². The van der Waals surface area contributed by atoms with E-state index in [0.717, 1.165) is 22.2 Å². The maximum absolute atomic E-state index is 11.0. The molecule has 0 aliphatic rings. The Kier molecular flexibility index (Phi) is 3.62. The number of para-hydroxylation sites is 1. The second-order valence-electron chi connectivity index (χ2n) is 4.93. The largest absolute Gasteiger partial charge is 0.358 e. The number of aromatic nitrogens is 1. The molecule has 21 heavy (non-hydrogen) atoms. The molecule has 2 aromatic carbocycles. The Morgan fingerprint density at radius 1 is 1.14 bits per heavy atom. The van der Waals surface area contributed by atoms with Crippen molar-refractivity contribution in [2.24, 2.45) is 0 Å². The number of aromatic amines is 1. The van der Waals surface area contributed by atoms with Crippen LogP contribution in [0.2, 0.25) is 5.02 Å². The van der Waals surface area contributed by atoms with Crippen LogP contribution in [0.4, 0.5) is 0 Å². The molecule has 5 heteroatoms. The molecule has 1 N–H and O–H groups in total. The second kappa shape index (κ2) is 5.58. The van der Waals surface area contributed by atoms with E-state index in [-0.39, 0.29) is 17.4 Å². The molecule has 0 saturated heterocycles. The summed E-state index contributed by atoms with van der Waals surface area (Å²) in [5.41, 5.74) is 2.70. The van der Waals surface area contributed by atoms with Crippen molar-refractivity contribution in [3.63, 3.8) is 0 Å². The van der Waals surface area contributed by atoms with Crippen LogP contribution in [0.1, 0.15) is 17.2 Å². The van der Waals surface area contributed by atoms with Crippen LogP contribution in [0.3, 0.4) is 0 Å². The molecule has 1 atom stereocenters. The summed E-state index contributed by atoms with van der Waals surface area (Å²) in [6.07, 6.45) is 0. The van der Waals surface area contributed by atoms with E-state index in [1.165, 1.54) is 0 Å². The summed E-state index contributed by atoms with van der Waals surface area (Å²) in [6.45, 7) is -0.158. The molecular formula is C16H13ClN2O2. The van der Waals surface area contributed by atoms with Crippen molar-refractivity contribution in [2.75, 3.05) is 6.54 Å². The number of nitrogens with one attached hydrogen (secondary N) is 1. The van der Waals surface area contributed by atoms with Gasteiger partial charge in [0.15, 0.2) is 0 Å². The molecule has 1 unspecified atom stereocenters. The summed E-state index contributed by atoms with van der Waals surface area (Å²) >= 11 is 5.89. The zero-order chi connectivity index (χ0) is 14.8. The molecule has 4 nitrogen and oxygen atoms in total. The van der Waals surface area contributed by atoms with Gasteiger partial charge in [-0.05, 0) is 35.2 Å². The van der Waals surface area contributed by atoms with Crippen LogP contribution in [-0.2, 0) is 0 Å². The molecule has 1 heterocycles. The van der Waals surface area contributed by atoms with Crippen LogP contribution in [0, 0.1) is 10.1 Å². The first kappa shape index (κ1) is 13.6. The first-order valence-corrected chi connectivity index (χ1v) is 6.96. The van der Waals surface area contributed by atoms with Crippen LogP contribution in [0.5, 0.6) is 0 Å². The maximum atomic E-state index is 11.0. The molecule has 3 aromatic rings. The van der Waals surface area contributed by atoms with E-state index in [9.17, 15) is 10.1 Å². The fraction of sp³-hybridized carbons (Fsp3) is 0.125. The van der Waals surface area contributed by atoms with E-state index >= 15 is 0 Å². The van der Waals surface area contributed by atoms with Crippen molar-refractivity contribution >= 4 is 22.5 Å². The molecule has 0 fully saturated rings. The fourth-order valence-corrected chi connectivity index (χ4v) is 2.64. The number of benzene rings is 2. The first-order chi connectivity index (χ1) is 10.1. The number of hydrogen-bond donors (Lipinski definition) is 1. The zero-order valence-corrected chi connectivity index (χ0v) is 11.9. The summed E-state index contributed by atoms with van der Waals surface area (Å²) in [7, 11) is 0. The van der Waals surface area contributed by atoms with E-state index in [4.69, 9.17) is 11.6 Å². The average Bonchev–Trinajstić information content (AvgIpc) is 2.89. The Labute approximate surface area is 126 Å². The van der Waals surface area contributed by atoms with Gasteiger partial charge < -0.3 is 4.98 Å². The van der Waals surface area contributed by atoms with Crippen LogP contribution in [-0.4, -0.2) is 16.5 Å².